The van der Waals surface area contributed by atoms with Crippen LogP contribution in [0, 0.1) is 11.8 Å². The fourth-order valence-corrected chi connectivity index (χ4v) is 1.85. The second-order valence-electron chi connectivity index (χ2n) is 5.16. The van der Waals surface area contributed by atoms with E-state index in [0.717, 1.165) is 6.54 Å². The summed E-state index contributed by atoms with van der Waals surface area (Å²) in [6.45, 7) is 8.95. The van der Waals surface area contributed by atoms with E-state index in [1.54, 1.807) is 13.8 Å². The summed E-state index contributed by atoms with van der Waals surface area (Å²) < 4.78 is 0. The van der Waals surface area contributed by atoms with Crippen LogP contribution in [0.5, 0.6) is 0 Å². The fourth-order valence-electron chi connectivity index (χ4n) is 1.85. The van der Waals surface area contributed by atoms with Crippen molar-refractivity contribution in [3.63, 3.8) is 0 Å². The Hall–Kier alpha value is -0.780. The highest BCUT2D eigenvalue weighted by molar-refractivity contribution is 5.24. The summed E-state index contributed by atoms with van der Waals surface area (Å²) in [5.41, 5.74) is 0.390. The molecule has 1 rings (SSSR count). The largest absolute Gasteiger partial charge is 0.378 e. The first-order valence-corrected chi connectivity index (χ1v) is 6.10. The lowest BCUT2D eigenvalue weighted by Crippen LogP contribution is -2.31. The minimum atomic E-state index is -0.887. The van der Waals surface area contributed by atoms with Gasteiger partial charge in [0, 0.05) is 6.54 Å². The molecule has 1 fully saturated rings. The van der Waals surface area contributed by atoms with Crippen LogP contribution >= 0.6 is 0 Å². The van der Waals surface area contributed by atoms with Crippen LogP contribution in [0.3, 0.4) is 0 Å². The Labute approximate surface area is 99.3 Å². The van der Waals surface area contributed by atoms with Gasteiger partial charge in [0.15, 0.2) is 0 Å². The molecule has 0 spiro atoms. The van der Waals surface area contributed by atoms with Gasteiger partial charge in [-0.2, -0.15) is 0 Å². The molecule has 0 saturated carbocycles. The van der Waals surface area contributed by atoms with E-state index in [9.17, 15) is 5.11 Å². The molecule has 1 aliphatic rings. The summed E-state index contributed by atoms with van der Waals surface area (Å²) in [5.74, 6) is 5.73. The smallest absolute Gasteiger partial charge is 0.120 e. The quantitative estimate of drug-likeness (QED) is 0.723. The van der Waals surface area contributed by atoms with E-state index < -0.39 is 5.60 Å². The van der Waals surface area contributed by atoms with Crippen LogP contribution in [0.15, 0.2) is 11.6 Å². The zero-order valence-electron chi connectivity index (χ0n) is 10.7. The van der Waals surface area contributed by atoms with Gasteiger partial charge in [0.25, 0.3) is 0 Å². The van der Waals surface area contributed by atoms with Crippen molar-refractivity contribution in [2.24, 2.45) is 0 Å². The lowest BCUT2D eigenvalue weighted by molar-refractivity contribution is 0.143. The van der Waals surface area contributed by atoms with Crippen molar-refractivity contribution in [3.05, 3.63) is 11.6 Å². The summed E-state index contributed by atoms with van der Waals surface area (Å²) >= 11 is 0. The van der Waals surface area contributed by atoms with E-state index in [1.807, 2.05) is 6.08 Å². The van der Waals surface area contributed by atoms with Gasteiger partial charge < -0.3 is 5.11 Å². The number of allylic oxidation sites excluding steroid dienone is 1. The van der Waals surface area contributed by atoms with Crippen molar-refractivity contribution in [1.82, 2.24) is 4.90 Å². The molecule has 0 aliphatic carbocycles. The van der Waals surface area contributed by atoms with Crippen LogP contribution in [0.1, 0.15) is 40.0 Å². The summed E-state index contributed by atoms with van der Waals surface area (Å²) in [7, 11) is 0. The molecule has 0 atom stereocenters. The minimum absolute atomic E-state index is 0.887. The van der Waals surface area contributed by atoms with Gasteiger partial charge in [-0.1, -0.05) is 23.8 Å². The number of likely N-dealkylation sites (tertiary alicyclic amines) is 1. The number of aliphatic hydroxyl groups is 1. The Morgan fingerprint density at radius 3 is 2.50 bits per heavy atom. The number of piperidine rings is 1. The Bertz CT molecular complexity index is 295. The first-order chi connectivity index (χ1) is 7.47. The molecule has 2 nitrogen and oxygen atoms in total. The average Bonchev–Trinajstić information content (AvgIpc) is 2.17. The monoisotopic (exact) mass is 221 g/mol. The fraction of sp³-hybridized carbons (Fsp3) is 0.714. The molecule has 16 heavy (non-hydrogen) atoms. The topological polar surface area (TPSA) is 23.5 Å². The molecule has 90 valence electrons. The Kier molecular flexibility index (Phi) is 5.05. The van der Waals surface area contributed by atoms with Crippen LogP contribution in [-0.4, -0.2) is 35.2 Å². The number of hydrogen-bond donors (Lipinski definition) is 1. The second kappa shape index (κ2) is 6.08. The van der Waals surface area contributed by atoms with E-state index in [2.05, 4.69) is 23.7 Å². The van der Waals surface area contributed by atoms with Crippen molar-refractivity contribution in [1.29, 1.82) is 0 Å². The van der Waals surface area contributed by atoms with Crippen molar-refractivity contribution in [2.45, 2.75) is 45.6 Å². The molecule has 0 unspecified atom stereocenters. The maximum Gasteiger partial charge on any atom is 0.120 e. The molecule has 2 heteroatoms. The minimum Gasteiger partial charge on any atom is -0.378 e. The Balaban J connectivity index is 2.40. The average molecular weight is 221 g/mol. The number of nitrogens with zero attached hydrogens (tertiary/aromatic N) is 1. The van der Waals surface area contributed by atoms with Crippen LogP contribution in [-0.2, 0) is 0 Å². The lowest BCUT2D eigenvalue weighted by Gasteiger charge is -2.26. The van der Waals surface area contributed by atoms with Gasteiger partial charge in [-0.05, 0) is 52.8 Å². The molecular weight excluding hydrogens is 198 g/mol. The molecular formula is C14H23NO. The third-order valence-electron chi connectivity index (χ3n) is 2.62. The molecule has 0 aromatic heterocycles. The van der Waals surface area contributed by atoms with E-state index in [0.29, 0.717) is 0 Å². The first-order valence-electron chi connectivity index (χ1n) is 6.10. The highest BCUT2D eigenvalue weighted by Crippen LogP contribution is 2.10. The summed E-state index contributed by atoms with van der Waals surface area (Å²) in [4.78, 5) is 2.47. The first kappa shape index (κ1) is 13.3. The molecule has 0 aromatic carbocycles. The van der Waals surface area contributed by atoms with E-state index in [1.165, 1.54) is 37.9 Å². The maximum atomic E-state index is 9.44. The van der Waals surface area contributed by atoms with Gasteiger partial charge in [-0.15, -0.1) is 0 Å². The molecule has 1 N–H and O–H groups in total. The molecule has 0 bridgehead atoms. The standard InChI is InChI=1S/C14H23NO/c1-13(8-7-9-14(2,3)16)12-15-10-5-4-6-11-15/h8,16H,4-6,10-12H2,1-3H3/b13-8+. The van der Waals surface area contributed by atoms with E-state index in [-0.39, 0.29) is 0 Å². The van der Waals surface area contributed by atoms with Gasteiger partial charge in [-0.25, -0.2) is 0 Å². The maximum absolute atomic E-state index is 9.44. The predicted molar refractivity (Wildman–Crippen MR) is 68.1 cm³/mol. The van der Waals surface area contributed by atoms with E-state index >= 15 is 0 Å². The van der Waals surface area contributed by atoms with Gasteiger partial charge in [0.05, 0.1) is 0 Å². The highest BCUT2D eigenvalue weighted by atomic mass is 16.3. The summed E-state index contributed by atoms with van der Waals surface area (Å²) in [6.07, 6.45) is 5.94. The predicted octanol–water partition coefficient (Wildman–Crippen LogP) is 2.19. The third kappa shape index (κ3) is 5.95. The highest BCUT2D eigenvalue weighted by Gasteiger charge is 2.09. The number of rotatable bonds is 2. The molecule has 0 radical (unpaired) electrons. The SMILES string of the molecule is C/C(=C\C#CC(C)(C)O)CN1CCCCC1. The van der Waals surface area contributed by atoms with Crippen molar-refractivity contribution in [2.75, 3.05) is 19.6 Å². The van der Waals surface area contributed by atoms with Crippen LogP contribution in [0.25, 0.3) is 0 Å². The molecule has 0 amide bonds. The Morgan fingerprint density at radius 2 is 1.94 bits per heavy atom. The number of hydrogen-bond acceptors (Lipinski definition) is 2. The van der Waals surface area contributed by atoms with Gasteiger partial charge >= 0.3 is 0 Å². The molecule has 1 heterocycles. The molecule has 0 aromatic rings. The molecule has 1 saturated heterocycles. The lowest BCUT2D eigenvalue weighted by atomic mass is 10.1. The summed E-state index contributed by atoms with van der Waals surface area (Å²) in [5, 5.41) is 9.44. The third-order valence-corrected chi connectivity index (χ3v) is 2.62. The van der Waals surface area contributed by atoms with Crippen LogP contribution in [0.2, 0.25) is 0 Å². The van der Waals surface area contributed by atoms with Gasteiger partial charge in [0.2, 0.25) is 0 Å². The van der Waals surface area contributed by atoms with Crippen molar-refractivity contribution in [3.8, 4) is 11.8 Å². The second-order valence-corrected chi connectivity index (χ2v) is 5.16. The van der Waals surface area contributed by atoms with Gasteiger partial charge in [-0.3, -0.25) is 4.90 Å². The normalized spacial score (nSPS) is 19.1. The zero-order valence-corrected chi connectivity index (χ0v) is 10.7. The Morgan fingerprint density at radius 1 is 1.31 bits per heavy atom. The van der Waals surface area contributed by atoms with E-state index in [4.69, 9.17) is 0 Å². The van der Waals surface area contributed by atoms with Crippen molar-refractivity contribution < 1.29 is 5.11 Å². The van der Waals surface area contributed by atoms with Crippen molar-refractivity contribution >= 4 is 0 Å². The van der Waals surface area contributed by atoms with Crippen LogP contribution in [0.4, 0.5) is 0 Å². The zero-order chi connectivity index (χ0) is 12.0. The summed E-state index contributed by atoms with van der Waals surface area (Å²) in [6, 6.07) is 0. The molecule has 1 aliphatic heterocycles. The van der Waals surface area contributed by atoms with Crippen LogP contribution < -0.4 is 0 Å². The van der Waals surface area contributed by atoms with Gasteiger partial charge in [0.1, 0.15) is 5.60 Å².